The van der Waals surface area contributed by atoms with Crippen molar-refractivity contribution in [3.05, 3.63) is 0 Å². The molecule has 2 bridgehead atoms. The van der Waals surface area contributed by atoms with Crippen molar-refractivity contribution in [2.75, 3.05) is 0 Å². The van der Waals surface area contributed by atoms with Crippen LogP contribution in [0.3, 0.4) is 0 Å². The molecular weight excluding hydrogens is 210 g/mol. The van der Waals surface area contributed by atoms with Crippen LogP contribution in [0.5, 0.6) is 0 Å². The predicted octanol–water partition coefficient (Wildman–Crippen LogP) is 0.150. The Kier molecular flexibility index (Phi) is 1.74. The average Bonchev–Trinajstić information content (AvgIpc) is 2.79. The van der Waals surface area contributed by atoms with E-state index in [9.17, 15) is 14.4 Å². The lowest BCUT2D eigenvalue weighted by Crippen LogP contribution is -2.42. The second-order valence-electron chi connectivity index (χ2n) is 5.18. The predicted molar refractivity (Wildman–Crippen MR) is 52.2 cm³/mol. The van der Waals surface area contributed by atoms with Crippen LogP contribution >= 0.6 is 0 Å². The van der Waals surface area contributed by atoms with Crippen LogP contribution in [0, 0.1) is 23.2 Å². The first-order valence-corrected chi connectivity index (χ1v) is 5.63. The molecule has 0 aromatic rings. The molecule has 2 amide bonds. The molecule has 0 aromatic heterocycles. The van der Waals surface area contributed by atoms with Gasteiger partial charge in [-0.05, 0) is 31.1 Å². The van der Waals surface area contributed by atoms with E-state index in [1.165, 1.54) is 0 Å². The summed E-state index contributed by atoms with van der Waals surface area (Å²) < 4.78 is 0. The van der Waals surface area contributed by atoms with Gasteiger partial charge in [-0.3, -0.25) is 19.7 Å². The molecule has 2 saturated carbocycles. The minimum atomic E-state index is -0.984. The van der Waals surface area contributed by atoms with Crippen LogP contribution in [0.15, 0.2) is 0 Å². The molecule has 0 spiro atoms. The highest BCUT2D eigenvalue weighted by molar-refractivity contribution is 6.09. The van der Waals surface area contributed by atoms with Crippen LogP contribution in [-0.4, -0.2) is 22.9 Å². The zero-order valence-corrected chi connectivity index (χ0v) is 8.73. The van der Waals surface area contributed by atoms with E-state index in [0.717, 1.165) is 19.3 Å². The number of hydrogen-bond acceptors (Lipinski definition) is 3. The number of rotatable bonds is 2. The standard InChI is InChI=1S/C11H13NO4/c13-7(14)4-11-6-2-1-5(3-6)8(11)9(15)12-10(11)16/h5-6,8H,1-4H2,(H,13,14)(H,12,15,16). The van der Waals surface area contributed by atoms with Gasteiger partial charge in [0.25, 0.3) is 0 Å². The van der Waals surface area contributed by atoms with E-state index in [4.69, 9.17) is 5.11 Å². The number of aliphatic carboxylic acids is 1. The highest BCUT2D eigenvalue weighted by Gasteiger charge is 2.68. The summed E-state index contributed by atoms with van der Waals surface area (Å²) in [6.07, 6.45) is 2.49. The van der Waals surface area contributed by atoms with Crippen molar-refractivity contribution in [2.45, 2.75) is 25.7 Å². The van der Waals surface area contributed by atoms with Gasteiger partial charge in [-0.25, -0.2) is 0 Å². The van der Waals surface area contributed by atoms with Crippen molar-refractivity contribution in [3.8, 4) is 0 Å². The van der Waals surface area contributed by atoms with Crippen LogP contribution < -0.4 is 5.32 Å². The van der Waals surface area contributed by atoms with Crippen LogP contribution in [-0.2, 0) is 14.4 Å². The Hall–Kier alpha value is -1.39. The Bertz CT molecular complexity index is 405. The van der Waals surface area contributed by atoms with E-state index in [0.29, 0.717) is 0 Å². The normalized spacial score (nSPS) is 44.6. The van der Waals surface area contributed by atoms with E-state index in [1.54, 1.807) is 0 Å². The SMILES string of the molecule is O=C(O)CC12C(=O)NC(=O)C1C1CCC2C1. The lowest BCUT2D eigenvalue weighted by atomic mass is 9.65. The van der Waals surface area contributed by atoms with Gasteiger partial charge in [0.15, 0.2) is 0 Å². The molecule has 1 heterocycles. The fraction of sp³-hybridized carbons (Fsp3) is 0.727. The molecule has 5 heteroatoms. The maximum Gasteiger partial charge on any atom is 0.304 e. The van der Waals surface area contributed by atoms with Crippen molar-refractivity contribution in [2.24, 2.45) is 23.2 Å². The fourth-order valence-electron chi connectivity index (χ4n) is 4.13. The molecule has 0 aromatic carbocycles. The molecule has 1 aliphatic heterocycles. The Morgan fingerprint density at radius 2 is 2.19 bits per heavy atom. The second kappa shape index (κ2) is 2.84. The summed E-state index contributed by atoms with van der Waals surface area (Å²) in [5.74, 6) is -1.66. The lowest BCUT2D eigenvalue weighted by molar-refractivity contribution is -0.147. The Morgan fingerprint density at radius 3 is 2.88 bits per heavy atom. The van der Waals surface area contributed by atoms with Crippen LogP contribution in [0.1, 0.15) is 25.7 Å². The summed E-state index contributed by atoms with van der Waals surface area (Å²) in [6.45, 7) is 0. The molecule has 3 aliphatic rings. The van der Waals surface area contributed by atoms with Gasteiger partial charge in [-0.2, -0.15) is 0 Å². The molecule has 2 N–H and O–H groups in total. The van der Waals surface area contributed by atoms with Gasteiger partial charge in [0.1, 0.15) is 0 Å². The third kappa shape index (κ3) is 0.936. The summed E-state index contributed by atoms with van der Waals surface area (Å²) in [6, 6.07) is 0. The number of hydrogen-bond donors (Lipinski definition) is 2. The van der Waals surface area contributed by atoms with Gasteiger partial charge in [-0.1, -0.05) is 0 Å². The van der Waals surface area contributed by atoms with Crippen LogP contribution in [0.2, 0.25) is 0 Å². The second-order valence-corrected chi connectivity index (χ2v) is 5.18. The molecule has 4 unspecified atom stereocenters. The number of carboxylic acids is 1. The van der Waals surface area contributed by atoms with Gasteiger partial charge >= 0.3 is 5.97 Å². The van der Waals surface area contributed by atoms with E-state index in [1.807, 2.05) is 0 Å². The zero-order chi connectivity index (χ0) is 11.5. The molecule has 4 atom stereocenters. The Balaban J connectivity index is 2.07. The van der Waals surface area contributed by atoms with Crippen molar-refractivity contribution in [1.29, 1.82) is 0 Å². The minimum Gasteiger partial charge on any atom is -0.481 e. The summed E-state index contributed by atoms with van der Waals surface area (Å²) in [5.41, 5.74) is -0.925. The van der Waals surface area contributed by atoms with Gasteiger partial charge in [0, 0.05) is 0 Å². The number of amides is 2. The first-order valence-electron chi connectivity index (χ1n) is 5.63. The molecule has 3 fully saturated rings. The van der Waals surface area contributed by atoms with Gasteiger partial charge in [-0.15, -0.1) is 0 Å². The maximum atomic E-state index is 11.9. The molecule has 3 rings (SSSR count). The van der Waals surface area contributed by atoms with Gasteiger partial charge < -0.3 is 5.11 Å². The van der Waals surface area contributed by atoms with Crippen LogP contribution in [0.25, 0.3) is 0 Å². The largest absolute Gasteiger partial charge is 0.481 e. The Morgan fingerprint density at radius 1 is 1.44 bits per heavy atom. The number of carbonyl (C=O) groups is 3. The first kappa shape index (κ1) is 9.81. The molecule has 5 nitrogen and oxygen atoms in total. The molecule has 1 saturated heterocycles. The van der Waals surface area contributed by atoms with E-state index < -0.39 is 11.4 Å². The molecule has 0 radical (unpaired) electrons. The summed E-state index contributed by atoms with van der Waals surface area (Å²) >= 11 is 0. The zero-order valence-electron chi connectivity index (χ0n) is 8.73. The van der Waals surface area contributed by atoms with Crippen LogP contribution in [0.4, 0.5) is 0 Å². The first-order chi connectivity index (χ1) is 7.55. The number of carboxylic acid groups (broad SMARTS) is 1. The minimum absolute atomic E-state index is 0.0880. The van der Waals surface area contributed by atoms with Gasteiger partial charge in [0.2, 0.25) is 11.8 Å². The molecule has 16 heavy (non-hydrogen) atoms. The molecule has 2 aliphatic carbocycles. The van der Waals surface area contributed by atoms with E-state index in [2.05, 4.69) is 5.32 Å². The number of carbonyl (C=O) groups excluding carboxylic acids is 2. The van der Waals surface area contributed by atoms with Crippen molar-refractivity contribution >= 4 is 17.8 Å². The maximum absolute atomic E-state index is 11.9. The quantitative estimate of drug-likeness (QED) is 0.653. The van der Waals surface area contributed by atoms with E-state index >= 15 is 0 Å². The van der Waals surface area contributed by atoms with Crippen molar-refractivity contribution < 1.29 is 19.5 Å². The third-order valence-corrected chi connectivity index (χ3v) is 4.61. The highest BCUT2D eigenvalue weighted by atomic mass is 16.4. The fourth-order valence-corrected chi connectivity index (χ4v) is 4.13. The molecule has 86 valence electrons. The topological polar surface area (TPSA) is 83.5 Å². The number of fused-ring (bicyclic) bond motifs is 5. The number of imide groups is 1. The summed E-state index contributed by atoms with van der Waals surface area (Å²) in [7, 11) is 0. The monoisotopic (exact) mass is 223 g/mol. The Labute approximate surface area is 92.2 Å². The smallest absolute Gasteiger partial charge is 0.304 e. The number of nitrogens with one attached hydrogen (secondary N) is 1. The van der Waals surface area contributed by atoms with Gasteiger partial charge in [0.05, 0.1) is 17.8 Å². The lowest BCUT2D eigenvalue weighted by Gasteiger charge is -2.33. The summed E-state index contributed by atoms with van der Waals surface area (Å²) in [5, 5.41) is 11.3. The highest BCUT2D eigenvalue weighted by Crippen LogP contribution is 2.63. The average molecular weight is 223 g/mol. The van der Waals surface area contributed by atoms with Crippen molar-refractivity contribution in [1.82, 2.24) is 5.32 Å². The van der Waals surface area contributed by atoms with Crippen molar-refractivity contribution in [3.63, 3.8) is 0 Å². The molecular formula is C11H13NO4. The van der Waals surface area contributed by atoms with E-state index in [-0.39, 0.29) is 36.0 Å². The third-order valence-electron chi connectivity index (χ3n) is 4.61. The summed E-state index contributed by atoms with van der Waals surface area (Å²) in [4.78, 5) is 34.6.